The number of methoxy groups -OCH3 is 1. The Morgan fingerprint density at radius 3 is 2.89 bits per heavy atom. The van der Waals surface area contributed by atoms with Crippen LogP contribution in [0.4, 0.5) is 0 Å². The van der Waals surface area contributed by atoms with E-state index >= 15 is 0 Å². The summed E-state index contributed by atoms with van der Waals surface area (Å²) in [6, 6.07) is 8.50. The Labute approximate surface area is 124 Å². The second-order valence-corrected chi connectivity index (χ2v) is 7.51. The summed E-state index contributed by atoms with van der Waals surface area (Å²) in [5.74, 6) is 3.42. The standard InChI is InChI=1S/C15H23NOS2/c1-3-14-15(19-8-7-18-14)13(16)10-11-5-4-6-12(9-11)17-2/h4-6,9,13-15H,3,7-8,10,16H2,1-2H3. The molecule has 0 amide bonds. The minimum absolute atomic E-state index is 0.231. The van der Waals surface area contributed by atoms with E-state index in [9.17, 15) is 0 Å². The number of ether oxygens (including phenoxy) is 1. The van der Waals surface area contributed by atoms with Gasteiger partial charge < -0.3 is 10.5 Å². The highest BCUT2D eigenvalue weighted by Gasteiger charge is 2.29. The third-order valence-electron chi connectivity index (χ3n) is 3.52. The van der Waals surface area contributed by atoms with E-state index < -0.39 is 0 Å². The predicted octanol–water partition coefficient (Wildman–Crippen LogP) is 3.19. The molecule has 1 fully saturated rings. The molecule has 1 saturated heterocycles. The van der Waals surface area contributed by atoms with Gasteiger partial charge in [-0.3, -0.25) is 0 Å². The van der Waals surface area contributed by atoms with Crippen LogP contribution in [0.2, 0.25) is 0 Å². The number of hydrogen-bond acceptors (Lipinski definition) is 4. The summed E-state index contributed by atoms with van der Waals surface area (Å²) in [4.78, 5) is 0. The van der Waals surface area contributed by atoms with Crippen molar-refractivity contribution in [3.63, 3.8) is 0 Å². The molecule has 0 saturated carbocycles. The summed E-state index contributed by atoms with van der Waals surface area (Å²) in [6.07, 6.45) is 2.15. The van der Waals surface area contributed by atoms with Crippen molar-refractivity contribution in [2.45, 2.75) is 36.3 Å². The molecule has 2 N–H and O–H groups in total. The van der Waals surface area contributed by atoms with E-state index in [0.717, 1.165) is 12.2 Å². The SMILES string of the molecule is CCC1SCCSC1C(N)Cc1cccc(OC)c1. The van der Waals surface area contributed by atoms with Crippen LogP contribution >= 0.6 is 23.5 Å². The van der Waals surface area contributed by atoms with Crippen molar-refractivity contribution < 1.29 is 4.74 Å². The molecule has 0 radical (unpaired) electrons. The van der Waals surface area contributed by atoms with Gasteiger partial charge in [0.25, 0.3) is 0 Å². The number of rotatable bonds is 5. The zero-order valence-corrected chi connectivity index (χ0v) is 13.3. The molecule has 3 unspecified atom stereocenters. The van der Waals surface area contributed by atoms with E-state index in [1.165, 1.54) is 23.5 Å². The highest BCUT2D eigenvalue weighted by atomic mass is 32.2. The van der Waals surface area contributed by atoms with E-state index in [1.54, 1.807) is 7.11 Å². The van der Waals surface area contributed by atoms with Crippen molar-refractivity contribution in [1.82, 2.24) is 0 Å². The van der Waals surface area contributed by atoms with E-state index in [2.05, 4.69) is 42.6 Å². The third-order valence-corrected chi connectivity index (χ3v) is 6.95. The summed E-state index contributed by atoms with van der Waals surface area (Å²) < 4.78 is 5.27. The lowest BCUT2D eigenvalue weighted by Crippen LogP contribution is -2.43. The van der Waals surface area contributed by atoms with Gasteiger partial charge in [-0.1, -0.05) is 19.1 Å². The van der Waals surface area contributed by atoms with Gasteiger partial charge in [-0.05, 0) is 30.5 Å². The van der Waals surface area contributed by atoms with Gasteiger partial charge >= 0.3 is 0 Å². The van der Waals surface area contributed by atoms with Crippen LogP contribution in [0.25, 0.3) is 0 Å². The van der Waals surface area contributed by atoms with Crippen LogP contribution in [0.1, 0.15) is 18.9 Å². The maximum atomic E-state index is 6.46. The van der Waals surface area contributed by atoms with E-state index in [-0.39, 0.29) is 6.04 Å². The monoisotopic (exact) mass is 297 g/mol. The summed E-state index contributed by atoms with van der Waals surface area (Å²) in [7, 11) is 1.71. The summed E-state index contributed by atoms with van der Waals surface area (Å²) in [5.41, 5.74) is 7.74. The maximum Gasteiger partial charge on any atom is 0.119 e. The van der Waals surface area contributed by atoms with Gasteiger partial charge in [0.15, 0.2) is 0 Å². The van der Waals surface area contributed by atoms with Gasteiger partial charge in [0.05, 0.1) is 7.11 Å². The topological polar surface area (TPSA) is 35.2 Å². The molecule has 0 aliphatic carbocycles. The van der Waals surface area contributed by atoms with Gasteiger partial charge in [0, 0.05) is 28.0 Å². The molecular formula is C15H23NOS2. The Bertz CT molecular complexity index is 399. The normalized spacial score (nSPS) is 25.0. The zero-order chi connectivity index (χ0) is 13.7. The first-order valence-corrected chi connectivity index (χ1v) is 8.96. The molecule has 0 aromatic heterocycles. The maximum absolute atomic E-state index is 6.46. The molecular weight excluding hydrogens is 274 g/mol. The van der Waals surface area contributed by atoms with Gasteiger partial charge in [-0.15, -0.1) is 0 Å². The smallest absolute Gasteiger partial charge is 0.119 e. The first-order chi connectivity index (χ1) is 9.24. The molecule has 4 heteroatoms. The molecule has 1 aromatic carbocycles. The molecule has 106 valence electrons. The summed E-state index contributed by atoms with van der Waals surface area (Å²) in [5, 5.41) is 1.29. The Morgan fingerprint density at radius 1 is 1.37 bits per heavy atom. The van der Waals surface area contributed by atoms with Crippen molar-refractivity contribution in [3.8, 4) is 5.75 Å². The Hall–Kier alpha value is -0.320. The van der Waals surface area contributed by atoms with Gasteiger partial charge in [0.2, 0.25) is 0 Å². The molecule has 1 heterocycles. The van der Waals surface area contributed by atoms with Crippen molar-refractivity contribution in [2.24, 2.45) is 5.73 Å². The van der Waals surface area contributed by atoms with Crippen LogP contribution in [0.5, 0.6) is 5.75 Å². The second-order valence-electron chi connectivity index (χ2n) is 4.87. The Balaban J connectivity index is 2.00. The lowest BCUT2D eigenvalue weighted by molar-refractivity contribution is 0.414. The first kappa shape index (κ1) is 15.1. The van der Waals surface area contributed by atoms with E-state index in [1.807, 2.05) is 12.1 Å². The minimum Gasteiger partial charge on any atom is -0.497 e. The number of benzene rings is 1. The quantitative estimate of drug-likeness (QED) is 0.905. The van der Waals surface area contributed by atoms with E-state index in [4.69, 9.17) is 10.5 Å². The molecule has 19 heavy (non-hydrogen) atoms. The van der Waals surface area contributed by atoms with Gasteiger partial charge in [-0.2, -0.15) is 23.5 Å². The molecule has 2 rings (SSSR count). The summed E-state index contributed by atoms with van der Waals surface area (Å²) in [6.45, 7) is 2.27. The van der Waals surface area contributed by atoms with Crippen LogP contribution in [-0.2, 0) is 6.42 Å². The average molecular weight is 297 g/mol. The van der Waals surface area contributed by atoms with Crippen LogP contribution in [-0.4, -0.2) is 35.2 Å². The third kappa shape index (κ3) is 4.07. The Morgan fingerprint density at radius 2 is 2.16 bits per heavy atom. The van der Waals surface area contributed by atoms with Crippen LogP contribution in [0.3, 0.4) is 0 Å². The molecule has 1 aliphatic heterocycles. The fourth-order valence-electron chi connectivity index (χ4n) is 2.52. The van der Waals surface area contributed by atoms with Crippen molar-refractivity contribution in [3.05, 3.63) is 29.8 Å². The lowest BCUT2D eigenvalue weighted by Gasteiger charge is -2.34. The molecule has 0 bridgehead atoms. The lowest BCUT2D eigenvalue weighted by atomic mass is 10.0. The number of thioether (sulfide) groups is 2. The van der Waals surface area contributed by atoms with Crippen LogP contribution in [0.15, 0.2) is 24.3 Å². The van der Waals surface area contributed by atoms with Gasteiger partial charge in [0.1, 0.15) is 5.75 Å². The second kappa shape index (κ2) is 7.46. The van der Waals surface area contributed by atoms with Crippen LogP contribution in [0, 0.1) is 0 Å². The zero-order valence-electron chi connectivity index (χ0n) is 11.7. The molecule has 2 nitrogen and oxygen atoms in total. The molecule has 3 atom stereocenters. The number of nitrogens with two attached hydrogens (primary N) is 1. The fraction of sp³-hybridized carbons (Fsp3) is 0.600. The average Bonchev–Trinajstić information content (AvgIpc) is 2.47. The van der Waals surface area contributed by atoms with E-state index in [0.29, 0.717) is 10.5 Å². The van der Waals surface area contributed by atoms with Crippen molar-refractivity contribution >= 4 is 23.5 Å². The largest absolute Gasteiger partial charge is 0.497 e. The highest BCUT2D eigenvalue weighted by molar-refractivity contribution is 8.07. The molecule has 1 aromatic rings. The van der Waals surface area contributed by atoms with Gasteiger partial charge in [-0.25, -0.2) is 0 Å². The number of hydrogen-bond donors (Lipinski definition) is 1. The fourth-order valence-corrected chi connectivity index (χ4v) is 5.72. The minimum atomic E-state index is 0.231. The summed E-state index contributed by atoms with van der Waals surface area (Å²) >= 11 is 4.15. The van der Waals surface area contributed by atoms with Crippen LogP contribution < -0.4 is 10.5 Å². The first-order valence-electron chi connectivity index (χ1n) is 6.86. The Kier molecular flexibility index (Phi) is 5.92. The molecule has 0 spiro atoms. The highest BCUT2D eigenvalue weighted by Crippen LogP contribution is 2.35. The van der Waals surface area contributed by atoms with Crippen molar-refractivity contribution in [1.29, 1.82) is 0 Å². The van der Waals surface area contributed by atoms with Crippen molar-refractivity contribution in [2.75, 3.05) is 18.6 Å². The molecule has 1 aliphatic rings. The predicted molar refractivity (Wildman–Crippen MR) is 87.5 cm³/mol.